The van der Waals surface area contributed by atoms with Crippen LogP contribution in [0.25, 0.3) is 0 Å². The van der Waals surface area contributed by atoms with Gasteiger partial charge in [0, 0.05) is 18.5 Å². The van der Waals surface area contributed by atoms with E-state index in [9.17, 15) is 4.79 Å². The molecule has 4 heteroatoms. The number of amides is 1. The summed E-state index contributed by atoms with van der Waals surface area (Å²) in [7, 11) is 0. The number of hydrogen-bond acceptors (Lipinski definition) is 3. The first kappa shape index (κ1) is 12.6. The summed E-state index contributed by atoms with van der Waals surface area (Å²) in [6, 6.07) is 2.39. The van der Waals surface area contributed by atoms with Crippen LogP contribution in [0, 0.1) is 0 Å². The molecule has 1 aliphatic rings. The van der Waals surface area contributed by atoms with Crippen molar-refractivity contribution in [1.82, 2.24) is 4.90 Å². The Balaban J connectivity index is 2.07. The summed E-state index contributed by atoms with van der Waals surface area (Å²) in [5, 5.41) is 4.22. The normalized spacial score (nSPS) is 20.9. The number of hydrogen-bond donors (Lipinski definition) is 1. The van der Waals surface area contributed by atoms with Gasteiger partial charge in [0.15, 0.2) is 0 Å². The molecule has 2 N–H and O–H groups in total. The van der Waals surface area contributed by atoms with E-state index >= 15 is 0 Å². The Morgan fingerprint density at radius 1 is 1.65 bits per heavy atom. The van der Waals surface area contributed by atoms with Crippen LogP contribution in [0.1, 0.15) is 44.7 Å². The van der Waals surface area contributed by atoms with Gasteiger partial charge in [0.25, 0.3) is 0 Å². The molecular weight excluding hydrogens is 232 g/mol. The first-order valence-corrected chi connectivity index (χ1v) is 7.02. The van der Waals surface area contributed by atoms with Crippen LogP contribution in [0.3, 0.4) is 0 Å². The highest BCUT2D eigenvalue weighted by atomic mass is 32.1. The molecule has 94 valence electrons. The number of rotatable bonds is 3. The van der Waals surface area contributed by atoms with E-state index in [4.69, 9.17) is 5.73 Å². The minimum Gasteiger partial charge on any atom is -0.336 e. The van der Waals surface area contributed by atoms with Gasteiger partial charge >= 0.3 is 0 Å². The zero-order chi connectivity index (χ0) is 12.5. The fraction of sp³-hybridized carbons (Fsp3) is 0.615. The van der Waals surface area contributed by atoms with E-state index < -0.39 is 5.54 Å². The van der Waals surface area contributed by atoms with Crippen molar-refractivity contribution in [3.8, 4) is 0 Å². The Bertz CT molecular complexity index is 381. The predicted octanol–water partition coefficient (Wildman–Crippen LogP) is 2.54. The Kier molecular flexibility index (Phi) is 3.54. The minimum atomic E-state index is -0.418. The van der Waals surface area contributed by atoms with Crippen molar-refractivity contribution in [2.45, 2.75) is 44.7 Å². The molecule has 1 aromatic heterocycles. The highest BCUT2D eigenvalue weighted by Gasteiger charge is 2.31. The zero-order valence-corrected chi connectivity index (χ0v) is 11.3. The van der Waals surface area contributed by atoms with Crippen LogP contribution in [-0.2, 0) is 4.79 Å². The van der Waals surface area contributed by atoms with Crippen LogP contribution in [0.15, 0.2) is 16.8 Å². The van der Waals surface area contributed by atoms with E-state index in [-0.39, 0.29) is 11.9 Å². The molecule has 1 aliphatic heterocycles. The smallest absolute Gasteiger partial charge is 0.224 e. The second-order valence-electron chi connectivity index (χ2n) is 5.47. The summed E-state index contributed by atoms with van der Waals surface area (Å²) in [6.07, 6.45) is 2.60. The van der Waals surface area contributed by atoms with E-state index in [0.717, 1.165) is 19.4 Å². The van der Waals surface area contributed by atoms with Gasteiger partial charge < -0.3 is 10.6 Å². The van der Waals surface area contributed by atoms with Crippen molar-refractivity contribution < 1.29 is 4.79 Å². The van der Waals surface area contributed by atoms with Gasteiger partial charge in [-0.25, -0.2) is 0 Å². The number of nitrogens with two attached hydrogens (primary N) is 1. The van der Waals surface area contributed by atoms with Crippen molar-refractivity contribution >= 4 is 17.2 Å². The fourth-order valence-corrected chi connectivity index (χ4v) is 3.07. The summed E-state index contributed by atoms with van der Waals surface area (Å²) in [5.74, 6) is 0.186. The maximum Gasteiger partial charge on any atom is 0.224 e. The van der Waals surface area contributed by atoms with Crippen LogP contribution in [0.2, 0.25) is 0 Å². The van der Waals surface area contributed by atoms with Crippen molar-refractivity contribution in [3.05, 3.63) is 22.4 Å². The summed E-state index contributed by atoms with van der Waals surface area (Å²) in [6.45, 7) is 4.68. The third-order valence-corrected chi connectivity index (χ3v) is 3.81. The van der Waals surface area contributed by atoms with Crippen LogP contribution in [0.5, 0.6) is 0 Å². The van der Waals surface area contributed by atoms with E-state index in [1.165, 1.54) is 5.56 Å². The highest BCUT2D eigenvalue weighted by Crippen LogP contribution is 2.33. The lowest BCUT2D eigenvalue weighted by Crippen LogP contribution is -2.40. The molecule has 0 saturated carbocycles. The van der Waals surface area contributed by atoms with Crippen molar-refractivity contribution in [2.24, 2.45) is 5.73 Å². The predicted molar refractivity (Wildman–Crippen MR) is 70.9 cm³/mol. The second-order valence-corrected chi connectivity index (χ2v) is 6.25. The molecule has 1 amide bonds. The lowest BCUT2D eigenvalue weighted by molar-refractivity contribution is -0.133. The SMILES string of the molecule is CC(C)(N)CC(=O)N1CCCC1c1ccsc1. The van der Waals surface area contributed by atoms with Crippen molar-refractivity contribution in [1.29, 1.82) is 0 Å². The van der Waals surface area contributed by atoms with Gasteiger partial charge in [-0.1, -0.05) is 0 Å². The maximum absolute atomic E-state index is 12.2. The largest absolute Gasteiger partial charge is 0.336 e. The third-order valence-electron chi connectivity index (χ3n) is 3.11. The molecule has 1 saturated heterocycles. The first-order valence-electron chi connectivity index (χ1n) is 6.08. The average molecular weight is 252 g/mol. The molecule has 2 heterocycles. The number of thiophene rings is 1. The van der Waals surface area contributed by atoms with Crippen LogP contribution < -0.4 is 5.73 Å². The molecule has 1 atom stereocenters. The number of nitrogens with zero attached hydrogens (tertiary/aromatic N) is 1. The maximum atomic E-state index is 12.2. The van der Waals surface area contributed by atoms with Crippen LogP contribution >= 0.6 is 11.3 Å². The molecular formula is C13H20N2OS. The van der Waals surface area contributed by atoms with Gasteiger partial charge in [-0.15, -0.1) is 0 Å². The molecule has 1 unspecified atom stereocenters. The highest BCUT2D eigenvalue weighted by molar-refractivity contribution is 7.07. The van der Waals surface area contributed by atoms with Gasteiger partial charge in [0.05, 0.1) is 6.04 Å². The molecule has 0 radical (unpaired) electrons. The first-order chi connectivity index (χ1) is 7.97. The second kappa shape index (κ2) is 4.78. The van der Waals surface area contributed by atoms with Gasteiger partial charge in [-0.05, 0) is 49.1 Å². The minimum absolute atomic E-state index is 0.186. The lowest BCUT2D eigenvalue weighted by atomic mass is 10.0. The Morgan fingerprint density at radius 3 is 3.00 bits per heavy atom. The third kappa shape index (κ3) is 3.07. The summed E-state index contributed by atoms with van der Waals surface area (Å²) in [4.78, 5) is 14.2. The van der Waals surface area contributed by atoms with Crippen molar-refractivity contribution in [2.75, 3.05) is 6.54 Å². The molecule has 1 fully saturated rings. The fourth-order valence-electron chi connectivity index (χ4n) is 2.37. The quantitative estimate of drug-likeness (QED) is 0.898. The van der Waals surface area contributed by atoms with E-state index in [0.29, 0.717) is 6.42 Å². The van der Waals surface area contributed by atoms with E-state index in [1.54, 1.807) is 11.3 Å². The zero-order valence-electron chi connectivity index (χ0n) is 10.5. The molecule has 0 spiro atoms. The Morgan fingerprint density at radius 2 is 2.41 bits per heavy atom. The Hall–Kier alpha value is -0.870. The number of carbonyl (C=O) groups excluding carboxylic acids is 1. The van der Waals surface area contributed by atoms with E-state index in [1.807, 2.05) is 18.7 Å². The monoisotopic (exact) mass is 252 g/mol. The summed E-state index contributed by atoms with van der Waals surface area (Å²) in [5.41, 5.74) is 6.78. The topological polar surface area (TPSA) is 46.3 Å². The van der Waals surface area contributed by atoms with Gasteiger partial charge in [0.1, 0.15) is 0 Å². The lowest BCUT2D eigenvalue weighted by Gasteiger charge is -2.27. The molecule has 0 aromatic carbocycles. The number of likely N-dealkylation sites (tertiary alicyclic amines) is 1. The standard InChI is InChI=1S/C13H20N2OS/c1-13(2,14)8-12(16)15-6-3-4-11(15)10-5-7-17-9-10/h5,7,9,11H,3-4,6,8,14H2,1-2H3. The summed E-state index contributed by atoms with van der Waals surface area (Å²) < 4.78 is 0. The van der Waals surface area contributed by atoms with Gasteiger partial charge in [0.2, 0.25) is 5.91 Å². The van der Waals surface area contributed by atoms with Gasteiger partial charge in [-0.2, -0.15) is 11.3 Å². The van der Waals surface area contributed by atoms with Crippen LogP contribution in [-0.4, -0.2) is 22.9 Å². The van der Waals surface area contributed by atoms with Crippen LogP contribution in [0.4, 0.5) is 0 Å². The molecule has 0 aliphatic carbocycles. The molecule has 0 bridgehead atoms. The van der Waals surface area contributed by atoms with Crippen molar-refractivity contribution in [3.63, 3.8) is 0 Å². The average Bonchev–Trinajstić information content (AvgIpc) is 2.85. The Labute approximate surface area is 107 Å². The molecule has 1 aromatic rings. The van der Waals surface area contributed by atoms with E-state index in [2.05, 4.69) is 16.8 Å². The summed E-state index contributed by atoms with van der Waals surface area (Å²) >= 11 is 1.69. The molecule has 2 rings (SSSR count). The number of carbonyl (C=O) groups is 1. The molecule has 3 nitrogen and oxygen atoms in total. The van der Waals surface area contributed by atoms with Gasteiger partial charge in [-0.3, -0.25) is 4.79 Å². The molecule has 17 heavy (non-hydrogen) atoms.